The van der Waals surface area contributed by atoms with Crippen LogP contribution in [0.25, 0.3) is 11.1 Å². The summed E-state index contributed by atoms with van der Waals surface area (Å²) in [6.45, 7) is 13.7. The fourth-order valence-electron chi connectivity index (χ4n) is 5.66. The molecule has 2 unspecified atom stereocenters. The van der Waals surface area contributed by atoms with E-state index in [-0.39, 0.29) is 12.1 Å². The second-order valence-corrected chi connectivity index (χ2v) is 13.1. The number of hydrogen-bond acceptors (Lipinski definition) is 6. The van der Waals surface area contributed by atoms with Gasteiger partial charge in [-0.25, -0.2) is 14.2 Å². The van der Waals surface area contributed by atoms with Crippen LogP contribution in [-0.2, 0) is 11.3 Å². The molecular weight excluding hydrogens is 562 g/mol. The van der Waals surface area contributed by atoms with Crippen molar-refractivity contribution in [1.29, 1.82) is 0 Å². The van der Waals surface area contributed by atoms with Crippen LogP contribution < -0.4 is 9.47 Å². The average molecular weight is 609 g/mol. The molecular formula is C35H46FN2O4P. The number of esters is 1. The highest BCUT2D eigenvalue weighted by Gasteiger charge is 2.32. The molecule has 6 nitrogen and oxygen atoms in total. The topological polar surface area (TPSA) is 60.9 Å². The van der Waals surface area contributed by atoms with E-state index in [9.17, 15) is 4.79 Å². The maximum absolute atomic E-state index is 15.2. The highest BCUT2D eigenvalue weighted by atomic mass is 31.1. The lowest BCUT2D eigenvalue weighted by molar-refractivity contribution is 0.0733. The monoisotopic (exact) mass is 608 g/mol. The lowest BCUT2D eigenvalue weighted by Gasteiger charge is -2.31. The van der Waals surface area contributed by atoms with Gasteiger partial charge in [0.15, 0.2) is 0 Å². The fourth-order valence-corrected chi connectivity index (χ4v) is 7.01. The first-order valence-corrected chi connectivity index (χ1v) is 16.7. The highest BCUT2D eigenvalue weighted by Crippen LogP contribution is 2.45. The van der Waals surface area contributed by atoms with Crippen LogP contribution in [0.15, 0.2) is 48.7 Å². The summed E-state index contributed by atoms with van der Waals surface area (Å²) < 4.78 is 32.0. The van der Waals surface area contributed by atoms with E-state index in [4.69, 9.17) is 14.2 Å². The van der Waals surface area contributed by atoms with Gasteiger partial charge in [0.1, 0.15) is 11.6 Å². The van der Waals surface area contributed by atoms with Crippen molar-refractivity contribution in [3.8, 4) is 22.8 Å². The first kappa shape index (κ1) is 33.0. The van der Waals surface area contributed by atoms with Gasteiger partial charge in [0.2, 0.25) is 5.88 Å². The number of ether oxygens (including phenoxy) is 3. The molecule has 3 aromatic rings. The van der Waals surface area contributed by atoms with E-state index in [0.717, 1.165) is 33.3 Å². The van der Waals surface area contributed by atoms with E-state index in [2.05, 4.69) is 43.6 Å². The minimum absolute atomic E-state index is 0.248. The van der Waals surface area contributed by atoms with Crippen LogP contribution in [0.3, 0.4) is 0 Å². The van der Waals surface area contributed by atoms with Gasteiger partial charge in [-0.15, -0.1) is 0 Å². The average Bonchev–Trinajstić information content (AvgIpc) is 3.81. The van der Waals surface area contributed by atoms with Gasteiger partial charge in [0, 0.05) is 36.9 Å². The molecule has 1 saturated carbocycles. The Kier molecular flexibility index (Phi) is 11.7. The number of aromatic nitrogens is 1. The smallest absolute Gasteiger partial charge is 0.343 e. The van der Waals surface area contributed by atoms with Gasteiger partial charge < -0.3 is 14.2 Å². The predicted molar refractivity (Wildman–Crippen MR) is 173 cm³/mol. The molecule has 0 amide bonds. The van der Waals surface area contributed by atoms with E-state index in [0.29, 0.717) is 52.3 Å². The van der Waals surface area contributed by atoms with Gasteiger partial charge in [-0.1, -0.05) is 26.8 Å². The maximum atomic E-state index is 15.2. The van der Waals surface area contributed by atoms with Crippen molar-refractivity contribution < 1.29 is 23.4 Å². The molecule has 43 heavy (non-hydrogen) atoms. The van der Waals surface area contributed by atoms with Gasteiger partial charge in [-0.05, 0) is 113 Å². The summed E-state index contributed by atoms with van der Waals surface area (Å²) >= 11 is 0. The molecule has 0 N–H and O–H groups in total. The summed E-state index contributed by atoms with van der Waals surface area (Å²) in [6.07, 6.45) is 5.56. The third-order valence-corrected chi connectivity index (χ3v) is 9.28. The highest BCUT2D eigenvalue weighted by molar-refractivity contribution is 7.37. The van der Waals surface area contributed by atoms with E-state index in [1.165, 1.54) is 31.7 Å². The summed E-state index contributed by atoms with van der Waals surface area (Å²) in [5.41, 5.74) is 4.33. The molecule has 1 fully saturated rings. The predicted octanol–water partition coefficient (Wildman–Crippen LogP) is 8.21. The molecule has 1 aromatic heterocycles. The van der Waals surface area contributed by atoms with Gasteiger partial charge >= 0.3 is 5.97 Å². The van der Waals surface area contributed by atoms with Crippen molar-refractivity contribution >= 4 is 14.6 Å². The SMILES string of the molecule is CCOCPCC(c1cccc(OC(=O)c2cc(CN(C(C)C)C(C)C)c(-c3cc(OC)ncc3F)cc2C)c1)C1CC1. The molecule has 0 bridgehead atoms. The number of pyridine rings is 1. The first-order valence-electron chi connectivity index (χ1n) is 15.3. The Morgan fingerprint density at radius 2 is 1.84 bits per heavy atom. The third kappa shape index (κ3) is 8.62. The van der Waals surface area contributed by atoms with E-state index >= 15 is 4.39 Å². The molecule has 4 rings (SSSR count). The lowest BCUT2D eigenvalue weighted by atomic mass is 9.93. The Morgan fingerprint density at radius 3 is 2.49 bits per heavy atom. The van der Waals surface area contributed by atoms with E-state index < -0.39 is 11.8 Å². The molecule has 1 aliphatic rings. The van der Waals surface area contributed by atoms with Crippen molar-refractivity contribution in [3.05, 3.63) is 76.7 Å². The number of nitrogens with zero attached hydrogens (tertiary/aromatic N) is 2. The fraction of sp³-hybridized carbons (Fsp3) is 0.486. The number of benzene rings is 2. The Balaban J connectivity index is 1.66. The molecule has 1 heterocycles. The van der Waals surface area contributed by atoms with Crippen LogP contribution in [0.2, 0.25) is 0 Å². The number of carbonyl (C=O) groups excluding carboxylic acids is 1. The maximum Gasteiger partial charge on any atom is 0.343 e. The van der Waals surface area contributed by atoms with Crippen LogP contribution in [0.4, 0.5) is 4.39 Å². The second kappa shape index (κ2) is 15.2. The Morgan fingerprint density at radius 1 is 1.09 bits per heavy atom. The van der Waals surface area contributed by atoms with Crippen LogP contribution in [0.5, 0.6) is 11.6 Å². The summed E-state index contributed by atoms with van der Waals surface area (Å²) in [7, 11) is 2.26. The molecule has 2 aromatic carbocycles. The lowest BCUT2D eigenvalue weighted by Crippen LogP contribution is -2.36. The quantitative estimate of drug-likeness (QED) is 0.0750. The number of hydrogen-bond donors (Lipinski definition) is 0. The standard InChI is InChI=1S/C35H46FN2O4P/c1-8-41-21-43-20-32(25-12-13-25)26-10-9-11-28(15-26)42-35(39)29-16-27(19-38(22(2)3)23(4)5)30(14-24(29)6)31-17-34(40-7)37-18-33(31)36/h9-11,14-18,22-23,25,32,43H,8,12-13,19-21H2,1-7H3. The number of aryl methyl sites for hydroxylation is 1. The Hall–Kier alpha value is -2.86. The normalized spacial score (nSPS) is 14.3. The minimum atomic E-state index is -0.443. The van der Waals surface area contributed by atoms with Crippen LogP contribution in [-0.4, -0.2) is 54.2 Å². The van der Waals surface area contributed by atoms with Crippen molar-refractivity contribution in [2.75, 3.05) is 26.2 Å². The zero-order valence-corrected chi connectivity index (χ0v) is 27.6. The molecule has 8 heteroatoms. The summed E-state index contributed by atoms with van der Waals surface area (Å²) in [6, 6.07) is 13.8. The summed E-state index contributed by atoms with van der Waals surface area (Å²) in [4.78, 5) is 20.0. The zero-order valence-electron chi connectivity index (χ0n) is 26.6. The van der Waals surface area contributed by atoms with Crippen molar-refractivity contribution in [3.63, 3.8) is 0 Å². The molecule has 232 valence electrons. The number of rotatable bonds is 15. The Labute approximate surface area is 258 Å². The molecule has 1 aliphatic carbocycles. The molecule has 0 radical (unpaired) electrons. The number of carbonyl (C=O) groups is 1. The zero-order chi connectivity index (χ0) is 31.1. The van der Waals surface area contributed by atoms with E-state index in [1.54, 1.807) is 6.07 Å². The molecule has 0 aliphatic heterocycles. The van der Waals surface area contributed by atoms with Crippen LogP contribution >= 0.6 is 8.58 Å². The van der Waals surface area contributed by atoms with Crippen LogP contribution in [0.1, 0.15) is 80.4 Å². The summed E-state index contributed by atoms with van der Waals surface area (Å²) in [5, 5.41) is 0. The number of methoxy groups -OCH3 is 1. The molecule has 0 saturated heterocycles. The van der Waals surface area contributed by atoms with E-state index in [1.807, 2.05) is 44.2 Å². The first-order chi connectivity index (χ1) is 20.6. The van der Waals surface area contributed by atoms with Crippen molar-refractivity contribution in [2.24, 2.45) is 5.92 Å². The van der Waals surface area contributed by atoms with Gasteiger partial charge in [-0.3, -0.25) is 4.90 Å². The van der Waals surface area contributed by atoms with Crippen molar-refractivity contribution in [1.82, 2.24) is 9.88 Å². The Bertz CT molecular complexity index is 1380. The summed E-state index contributed by atoms with van der Waals surface area (Å²) in [5.74, 6) is 1.15. The second-order valence-electron chi connectivity index (χ2n) is 11.9. The molecule has 0 spiro atoms. The largest absolute Gasteiger partial charge is 0.481 e. The van der Waals surface area contributed by atoms with Gasteiger partial charge in [0.25, 0.3) is 0 Å². The molecule has 2 atom stereocenters. The third-order valence-electron chi connectivity index (χ3n) is 8.14. The minimum Gasteiger partial charge on any atom is -0.481 e. The number of halogens is 1. The van der Waals surface area contributed by atoms with Crippen molar-refractivity contribution in [2.45, 2.75) is 78.9 Å². The van der Waals surface area contributed by atoms with Gasteiger partial charge in [0.05, 0.1) is 25.2 Å². The van der Waals surface area contributed by atoms with Crippen LogP contribution in [0, 0.1) is 18.7 Å². The van der Waals surface area contributed by atoms with Gasteiger partial charge in [-0.2, -0.15) is 0 Å².